The molecule has 1 aliphatic heterocycles. The van der Waals surface area contributed by atoms with Crippen LogP contribution in [0.1, 0.15) is 21.9 Å². The highest BCUT2D eigenvalue weighted by Gasteiger charge is 2.37. The highest BCUT2D eigenvalue weighted by atomic mass is 32.2. The number of fused-ring (bicyclic) bond motifs is 1. The van der Waals surface area contributed by atoms with Crippen molar-refractivity contribution in [2.75, 3.05) is 31.4 Å². The first-order valence-electron chi connectivity index (χ1n) is 12.4. The van der Waals surface area contributed by atoms with Crippen molar-refractivity contribution in [1.29, 1.82) is 0 Å². The summed E-state index contributed by atoms with van der Waals surface area (Å²) in [6.07, 6.45) is 3.38. The maximum atomic E-state index is 13.6. The van der Waals surface area contributed by atoms with Gasteiger partial charge in [0.05, 0.1) is 30.9 Å². The maximum Gasteiger partial charge on any atom is 0.240 e. The van der Waals surface area contributed by atoms with E-state index in [2.05, 4.69) is 10.3 Å². The topological polar surface area (TPSA) is 98.6 Å². The molecule has 5 rings (SSSR count). The van der Waals surface area contributed by atoms with Gasteiger partial charge < -0.3 is 14.8 Å². The van der Waals surface area contributed by atoms with Gasteiger partial charge in [-0.1, -0.05) is 36.4 Å². The molecule has 2 amide bonds. The largest absolute Gasteiger partial charge is 0.497 e. The molecule has 3 heterocycles. The number of benzene rings is 2. The van der Waals surface area contributed by atoms with Gasteiger partial charge in [-0.3, -0.25) is 24.2 Å². The van der Waals surface area contributed by atoms with Crippen molar-refractivity contribution in [2.24, 2.45) is 7.05 Å². The number of hydrogen-bond donors (Lipinski definition) is 1. The van der Waals surface area contributed by atoms with E-state index in [9.17, 15) is 9.59 Å². The summed E-state index contributed by atoms with van der Waals surface area (Å²) in [6, 6.07) is 19.2. The van der Waals surface area contributed by atoms with E-state index in [1.807, 2.05) is 60.7 Å². The maximum absolute atomic E-state index is 13.6. The molecule has 4 aromatic rings. The molecule has 0 fully saturated rings. The Morgan fingerprint density at radius 3 is 2.64 bits per heavy atom. The number of aryl methyl sites for hydroxylation is 1. The lowest BCUT2D eigenvalue weighted by molar-refractivity contribution is -0.123. The molecule has 0 aliphatic carbocycles. The Morgan fingerprint density at radius 2 is 1.92 bits per heavy atom. The van der Waals surface area contributed by atoms with Gasteiger partial charge in [-0.2, -0.15) is 5.10 Å². The zero-order valence-corrected chi connectivity index (χ0v) is 22.8. The second kappa shape index (κ2) is 11.6. The second-order valence-electron chi connectivity index (χ2n) is 8.99. The van der Waals surface area contributed by atoms with Gasteiger partial charge >= 0.3 is 0 Å². The van der Waals surface area contributed by atoms with E-state index in [0.717, 1.165) is 27.9 Å². The van der Waals surface area contributed by atoms with Crippen molar-refractivity contribution in [3.8, 4) is 22.8 Å². The molecular formula is C29H29N5O4S. The Kier molecular flexibility index (Phi) is 7.83. The average molecular weight is 544 g/mol. The number of nitrogens with one attached hydrogen (secondary N) is 1. The van der Waals surface area contributed by atoms with Gasteiger partial charge in [-0.15, -0.1) is 11.8 Å². The summed E-state index contributed by atoms with van der Waals surface area (Å²) in [6.45, 7) is 0.184. The molecule has 1 atom stereocenters. The molecule has 0 saturated heterocycles. The monoisotopic (exact) mass is 543 g/mol. The summed E-state index contributed by atoms with van der Waals surface area (Å²) in [4.78, 5) is 32.3. The lowest BCUT2D eigenvalue weighted by atomic mass is 9.98. The Bertz CT molecular complexity index is 1480. The zero-order valence-electron chi connectivity index (χ0n) is 22.0. The van der Waals surface area contributed by atoms with E-state index >= 15 is 0 Å². The van der Waals surface area contributed by atoms with Crippen molar-refractivity contribution in [1.82, 2.24) is 20.1 Å². The van der Waals surface area contributed by atoms with Gasteiger partial charge in [0.2, 0.25) is 11.8 Å². The number of carbonyl (C=O) groups excluding carboxylic acids is 2. The Morgan fingerprint density at radius 1 is 1.10 bits per heavy atom. The third-order valence-corrected chi connectivity index (χ3v) is 7.76. The standard InChI is InChI=1S/C29H29N5O4S/c1-33-29-26(27(32-33)20-9-5-4-6-10-20)28(22-14-21(37-2)11-12-23(22)38-3)39-18-25(36)34(29)17-24(35)31-16-19-8-7-13-30-15-19/h4-15,28H,16-18H2,1-3H3,(H,31,35)/t28-/m0/s1. The van der Waals surface area contributed by atoms with Crippen LogP contribution in [-0.2, 0) is 23.2 Å². The van der Waals surface area contributed by atoms with Crippen LogP contribution in [0.5, 0.6) is 11.5 Å². The van der Waals surface area contributed by atoms with Crippen LogP contribution in [0.3, 0.4) is 0 Å². The van der Waals surface area contributed by atoms with Crippen LogP contribution in [-0.4, -0.2) is 53.1 Å². The van der Waals surface area contributed by atoms with Gasteiger partial charge in [0.1, 0.15) is 23.9 Å². The molecule has 39 heavy (non-hydrogen) atoms. The molecule has 2 aromatic carbocycles. The van der Waals surface area contributed by atoms with E-state index in [1.165, 1.54) is 16.7 Å². The molecule has 1 aliphatic rings. The molecule has 0 unspecified atom stereocenters. The van der Waals surface area contributed by atoms with Crippen molar-refractivity contribution >= 4 is 29.4 Å². The highest BCUT2D eigenvalue weighted by Crippen LogP contribution is 2.50. The SMILES string of the molecule is COc1ccc(OC)c([C@@H]2SCC(=O)N(CC(=O)NCc3cccnc3)c3c2c(-c2ccccc2)nn3C)c1. The van der Waals surface area contributed by atoms with E-state index < -0.39 is 0 Å². The molecule has 0 radical (unpaired) electrons. The van der Waals surface area contributed by atoms with Crippen LogP contribution in [0.4, 0.5) is 5.82 Å². The van der Waals surface area contributed by atoms with Crippen LogP contribution >= 0.6 is 11.8 Å². The number of pyridine rings is 1. The predicted molar refractivity (Wildman–Crippen MR) is 151 cm³/mol. The summed E-state index contributed by atoms with van der Waals surface area (Å²) < 4.78 is 12.9. The van der Waals surface area contributed by atoms with Crippen LogP contribution in [0.2, 0.25) is 0 Å². The molecule has 0 spiro atoms. The number of carbonyl (C=O) groups is 2. The van der Waals surface area contributed by atoms with E-state index in [-0.39, 0.29) is 29.4 Å². The molecular weight excluding hydrogens is 514 g/mol. The Labute approximate surface area is 231 Å². The summed E-state index contributed by atoms with van der Waals surface area (Å²) in [5, 5.41) is 7.46. The first-order chi connectivity index (χ1) is 19.0. The van der Waals surface area contributed by atoms with E-state index in [4.69, 9.17) is 14.6 Å². The summed E-state index contributed by atoms with van der Waals surface area (Å²) >= 11 is 1.48. The van der Waals surface area contributed by atoms with E-state index in [0.29, 0.717) is 23.9 Å². The third kappa shape index (κ3) is 5.46. The number of nitrogens with zero attached hydrogens (tertiary/aromatic N) is 4. The van der Waals surface area contributed by atoms with Gasteiger partial charge in [0.15, 0.2) is 0 Å². The fraction of sp³-hybridized carbons (Fsp3) is 0.241. The number of amides is 2. The van der Waals surface area contributed by atoms with Crippen LogP contribution in [0, 0.1) is 0 Å². The number of ether oxygens (including phenoxy) is 2. The molecule has 2 aromatic heterocycles. The number of hydrogen-bond acceptors (Lipinski definition) is 7. The van der Waals surface area contributed by atoms with Gasteiger partial charge in [-0.25, -0.2) is 0 Å². The third-order valence-electron chi connectivity index (χ3n) is 6.53. The van der Waals surface area contributed by atoms with Crippen molar-refractivity contribution < 1.29 is 19.1 Å². The Hall–Kier alpha value is -4.31. The molecule has 9 nitrogen and oxygen atoms in total. The molecule has 1 N–H and O–H groups in total. The minimum Gasteiger partial charge on any atom is -0.497 e. The van der Waals surface area contributed by atoms with Crippen LogP contribution < -0.4 is 19.7 Å². The smallest absolute Gasteiger partial charge is 0.240 e. The minimum absolute atomic E-state index is 0.137. The molecule has 200 valence electrons. The normalized spacial score (nSPS) is 14.9. The molecule has 0 saturated carbocycles. The minimum atomic E-state index is -0.304. The number of thioether (sulfide) groups is 1. The molecule has 10 heteroatoms. The second-order valence-corrected chi connectivity index (χ2v) is 10.1. The number of methoxy groups -OCH3 is 2. The average Bonchev–Trinajstić information content (AvgIpc) is 3.24. The number of anilines is 1. The predicted octanol–water partition coefficient (Wildman–Crippen LogP) is 3.98. The van der Waals surface area contributed by atoms with Crippen LogP contribution in [0.15, 0.2) is 73.1 Å². The summed E-state index contributed by atoms with van der Waals surface area (Å²) in [5.74, 6) is 1.66. The Balaban J connectivity index is 1.59. The van der Waals surface area contributed by atoms with Gasteiger partial charge in [0.25, 0.3) is 0 Å². The highest BCUT2D eigenvalue weighted by molar-refractivity contribution is 8.00. The fourth-order valence-corrected chi connectivity index (χ4v) is 5.90. The summed E-state index contributed by atoms with van der Waals surface area (Å²) in [5.41, 5.74) is 4.24. The van der Waals surface area contributed by atoms with E-state index in [1.54, 1.807) is 38.3 Å². The lowest BCUT2D eigenvalue weighted by Crippen LogP contribution is -2.42. The number of aromatic nitrogens is 3. The van der Waals surface area contributed by atoms with Crippen molar-refractivity contribution in [2.45, 2.75) is 11.8 Å². The zero-order chi connectivity index (χ0) is 27.4. The van der Waals surface area contributed by atoms with Crippen molar-refractivity contribution in [3.63, 3.8) is 0 Å². The lowest BCUT2D eigenvalue weighted by Gasteiger charge is -2.23. The van der Waals surface area contributed by atoms with Crippen LogP contribution in [0.25, 0.3) is 11.3 Å². The fourth-order valence-electron chi connectivity index (χ4n) is 4.69. The first kappa shape index (κ1) is 26.3. The quantitative estimate of drug-likeness (QED) is 0.359. The summed E-state index contributed by atoms with van der Waals surface area (Å²) in [7, 11) is 5.04. The van der Waals surface area contributed by atoms with Gasteiger partial charge in [-0.05, 0) is 29.8 Å². The molecule has 0 bridgehead atoms. The number of rotatable bonds is 8. The first-order valence-corrected chi connectivity index (χ1v) is 13.5. The van der Waals surface area contributed by atoms with Crippen molar-refractivity contribution in [3.05, 3.63) is 89.7 Å². The van der Waals surface area contributed by atoms with Gasteiger partial charge in [0, 0.05) is 42.7 Å².